The maximum Gasteiger partial charge on any atom is 0.120 e. The topological polar surface area (TPSA) is 38.5 Å². The van der Waals surface area contributed by atoms with Crippen LogP contribution in [-0.2, 0) is 0 Å². The van der Waals surface area contributed by atoms with Gasteiger partial charge in [0.2, 0.25) is 0 Å². The molecule has 0 aliphatic carbocycles. The Kier molecular flexibility index (Phi) is 6.40. The van der Waals surface area contributed by atoms with Gasteiger partial charge in [-0.15, -0.1) is 0 Å². The number of ether oxygens (including phenoxy) is 1. The van der Waals surface area contributed by atoms with Crippen molar-refractivity contribution in [2.75, 3.05) is 32.8 Å². The van der Waals surface area contributed by atoms with Gasteiger partial charge in [0.25, 0.3) is 0 Å². The van der Waals surface area contributed by atoms with Gasteiger partial charge >= 0.3 is 0 Å². The number of halogens is 1. The van der Waals surface area contributed by atoms with Gasteiger partial charge in [0.05, 0.1) is 6.61 Å². The van der Waals surface area contributed by atoms with Crippen LogP contribution in [0, 0.1) is 9.49 Å². The van der Waals surface area contributed by atoms with E-state index in [1.54, 1.807) is 0 Å². The molecule has 4 heteroatoms. The van der Waals surface area contributed by atoms with Crippen LogP contribution in [0.5, 0.6) is 5.75 Å². The van der Waals surface area contributed by atoms with Gasteiger partial charge < -0.3 is 15.4 Å². The molecule has 0 radical (unpaired) electrons. The molecule has 0 saturated carbocycles. The van der Waals surface area contributed by atoms with Crippen LogP contribution in [0.2, 0.25) is 0 Å². The van der Waals surface area contributed by atoms with Crippen molar-refractivity contribution < 1.29 is 4.74 Å². The summed E-state index contributed by atoms with van der Waals surface area (Å²) in [6.45, 7) is 5.19. The molecule has 1 heterocycles. The van der Waals surface area contributed by atoms with E-state index in [-0.39, 0.29) is 0 Å². The van der Waals surface area contributed by atoms with Crippen LogP contribution in [0.3, 0.4) is 0 Å². The number of nitrogens with zero attached hydrogens (tertiary/aromatic N) is 1. The minimum atomic E-state index is 0.749. The van der Waals surface area contributed by atoms with E-state index >= 15 is 0 Å². The molecule has 1 aliphatic heterocycles. The van der Waals surface area contributed by atoms with Gasteiger partial charge in [-0.2, -0.15) is 0 Å². The minimum Gasteiger partial charge on any atom is -0.494 e. The van der Waals surface area contributed by atoms with Crippen molar-refractivity contribution in [1.82, 2.24) is 4.90 Å². The molecule has 0 spiro atoms. The Morgan fingerprint density at radius 2 is 2.11 bits per heavy atom. The van der Waals surface area contributed by atoms with Crippen LogP contribution in [0.15, 0.2) is 24.3 Å². The number of likely N-dealkylation sites (tertiary alicyclic amines) is 1. The summed E-state index contributed by atoms with van der Waals surface area (Å²) < 4.78 is 6.99. The number of benzene rings is 1. The van der Waals surface area contributed by atoms with Gasteiger partial charge in [-0.3, -0.25) is 0 Å². The Labute approximate surface area is 129 Å². The molecule has 0 amide bonds. The van der Waals surface area contributed by atoms with E-state index in [9.17, 15) is 0 Å². The molecule has 3 nitrogen and oxygen atoms in total. The highest BCUT2D eigenvalue weighted by molar-refractivity contribution is 14.1. The Morgan fingerprint density at radius 3 is 2.79 bits per heavy atom. The Morgan fingerprint density at radius 1 is 1.32 bits per heavy atom. The average molecular weight is 374 g/mol. The molecule has 1 aromatic rings. The highest BCUT2D eigenvalue weighted by Gasteiger charge is 2.17. The maximum atomic E-state index is 5.77. The molecule has 0 atom stereocenters. The van der Waals surface area contributed by atoms with Gasteiger partial charge in [0.15, 0.2) is 0 Å². The summed E-state index contributed by atoms with van der Waals surface area (Å²) in [5, 5.41) is 0. The number of rotatable bonds is 6. The largest absolute Gasteiger partial charge is 0.494 e. The van der Waals surface area contributed by atoms with E-state index in [2.05, 4.69) is 39.6 Å². The first-order chi connectivity index (χ1) is 9.28. The van der Waals surface area contributed by atoms with Crippen molar-refractivity contribution in [2.45, 2.75) is 19.3 Å². The molecule has 0 aromatic heterocycles. The van der Waals surface area contributed by atoms with E-state index in [4.69, 9.17) is 10.5 Å². The summed E-state index contributed by atoms with van der Waals surface area (Å²) in [6, 6.07) is 8.21. The first-order valence-corrected chi connectivity index (χ1v) is 8.16. The zero-order valence-electron chi connectivity index (χ0n) is 11.4. The highest BCUT2D eigenvalue weighted by atomic mass is 127. The van der Waals surface area contributed by atoms with Crippen LogP contribution in [0.25, 0.3) is 0 Å². The van der Waals surface area contributed by atoms with Crippen LogP contribution in [-0.4, -0.2) is 37.7 Å². The van der Waals surface area contributed by atoms with Gasteiger partial charge in [-0.1, -0.05) is 6.07 Å². The molecule has 1 aromatic carbocycles. The van der Waals surface area contributed by atoms with Crippen molar-refractivity contribution in [3.63, 3.8) is 0 Å². The number of nitrogens with two attached hydrogens (primary N) is 1. The van der Waals surface area contributed by atoms with Crippen LogP contribution in [0.4, 0.5) is 0 Å². The molecule has 2 N–H and O–H groups in total. The van der Waals surface area contributed by atoms with E-state index in [1.165, 1.54) is 29.5 Å². The fraction of sp³-hybridized carbons (Fsp3) is 0.600. The van der Waals surface area contributed by atoms with E-state index < -0.39 is 0 Å². The third kappa shape index (κ3) is 5.28. The Hall–Kier alpha value is -0.330. The predicted octanol–water partition coefficient (Wildman–Crippen LogP) is 2.73. The lowest BCUT2D eigenvalue weighted by atomic mass is 9.97. The normalized spacial score (nSPS) is 17.6. The van der Waals surface area contributed by atoms with Crippen molar-refractivity contribution >= 4 is 22.6 Å². The van der Waals surface area contributed by atoms with Gasteiger partial charge in [0.1, 0.15) is 5.75 Å². The van der Waals surface area contributed by atoms with E-state index in [1.807, 2.05) is 12.1 Å². The lowest BCUT2D eigenvalue weighted by Gasteiger charge is -2.31. The van der Waals surface area contributed by atoms with Crippen LogP contribution >= 0.6 is 22.6 Å². The molecule has 106 valence electrons. The van der Waals surface area contributed by atoms with E-state index in [0.717, 1.165) is 37.8 Å². The Balaban J connectivity index is 1.60. The molecule has 1 aliphatic rings. The standard InChI is InChI=1S/C15H23IN2O/c16-14-3-1-4-15(11-14)19-10-2-7-18-8-5-13(12-17)6-9-18/h1,3-4,11,13H,2,5-10,12,17H2. The number of hydrogen-bond donors (Lipinski definition) is 1. The number of piperidine rings is 1. The first kappa shape index (κ1) is 15.1. The van der Waals surface area contributed by atoms with Gasteiger partial charge in [-0.25, -0.2) is 0 Å². The zero-order chi connectivity index (χ0) is 13.5. The molecule has 0 unspecified atom stereocenters. The summed E-state index contributed by atoms with van der Waals surface area (Å²) >= 11 is 2.31. The molecule has 0 bridgehead atoms. The Bertz CT molecular complexity index is 378. The molecular weight excluding hydrogens is 351 g/mol. The quantitative estimate of drug-likeness (QED) is 0.615. The fourth-order valence-electron chi connectivity index (χ4n) is 2.48. The molecular formula is C15H23IN2O. The second kappa shape index (κ2) is 8.07. The average Bonchev–Trinajstić information content (AvgIpc) is 2.44. The van der Waals surface area contributed by atoms with Gasteiger partial charge in [0, 0.05) is 10.1 Å². The monoisotopic (exact) mass is 374 g/mol. The molecule has 1 saturated heterocycles. The summed E-state index contributed by atoms with van der Waals surface area (Å²) in [7, 11) is 0. The third-order valence-corrected chi connectivity index (χ3v) is 4.39. The highest BCUT2D eigenvalue weighted by Crippen LogP contribution is 2.17. The smallest absolute Gasteiger partial charge is 0.120 e. The lowest BCUT2D eigenvalue weighted by molar-refractivity contribution is 0.173. The van der Waals surface area contributed by atoms with E-state index in [0.29, 0.717) is 0 Å². The zero-order valence-corrected chi connectivity index (χ0v) is 13.5. The number of hydrogen-bond acceptors (Lipinski definition) is 3. The van der Waals surface area contributed by atoms with Crippen LogP contribution < -0.4 is 10.5 Å². The van der Waals surface area contributed by atoms with Crippen molar-refractivity contribution in [1.29, 1.82) is 0 Å². The van der Waals surface area contributed by atoms with Crippen molar-refractivity contribution in [3.8, 4) is 5.75 Å². The fourth-order valence-corrected chi connectivity index (χ4v) is 3.00. The maximum absolute atomic E-state index is 5.77. The minimum absolute atomic E-state index is 0.749. The molecule has 2 rings (SSSR count). The second-order valence-corrected chi connectivity index (χ2v) is 6.43. The summed E-state index contributed by atoms with van der Waals surface area (Å²) in [4.78, 5) is 2.53. The SMILES string of the molecule is NCC1CCN(CCCOc2cccc(I)c2)CC1. The predicted molar refractivity (Wildman–Crippen MR) is 87.5 cm³/mol. The van der Waals surface area contributed by atoms with Gasteiger partial charge in [-0.05, 0) is 85.6 Å². The summed E-state index contributed by atoms with van der Waals surface area (Å²) in [6.07, 6.45) is 3.61. The lowest BCUT2D eigenvalue weighted by Crippen LogP contribution is -2.37. The van der Waals surface area contributed by atoms with Crippen molar-refractivity contribution in [3.05, 3.63) is 27.8 Å². The van der Waals surface area contributed by atoms with Crippen LogP contribution in [0.1, 0.15) is 19.3 Å². The molecule has 1 fully saturated rings. The third-order valence-electron chi connectivity index (χ3n) is 3.72. The second-order valence-electron chi connectivity index (χ2n) is 5.18. The first-order valence-electron chi connectivity index (χ1n) is 7.08. The summed E-state index contributed by atoms with van der Waals surface area (Å²) in [5.74, 6) is 1.73. The van der Waals surface area contributed by atoms with Crippen molar-refractivity contribution in [2.24, 2.45) is 11.7 Å². The summed E-state index contributed by atoms with van der Waals surface area (Å²) in [5.41, 5.74) is 5.71. The molecule has 19 heavy (non-hydrogen) atoms.